The van der Waals surface area contributed by atoms with Crippen LogP contribution in [0.4, 0.5) is 5.82 Å². The number of carboxylic acids is 1. The number of pyridine rings is 1. The smallest absolute Gasteiger partial charge is 0.354 e. The van der Waals surface area contributed by atoms with Crippen LogP contribution in [0, 0.1) is 6.92 Å². The molecular weight excluding hydrogens is 446 g/mol. The molecule has 0 saturated carbocycles. The molecule has 0 aliphatic carbocycles. The van der Waals surface area contributed by atoms with Crippen molar-refractivity contribution in [3.05, 3.63) is 53.8 Å². The summed E-state index contributed by atoms with van der Waals surface area (Å²) in [6.45, 7) is 3.54. The molecule has 13 nitrogen and oxygen atoms in total. The van der Waals surface area contributed by atoms with Gasteiger partial charge in [0.25, 0.3) is 12.4 Å². The van der Waals surface area contributed by atoms with Gasteiger partial charge in [-0.15, -0.1) is 0 Å². The maximum atomic E-state index is 12.9. The van der Waals surface area contributed by atoms with Crippen LogP contribution in [0.15, 0.2) is 41.1 Å². The highest BCUT2D eigenvalue weighted by Gasteiger charge is 2.22. The Balaban J connectivity index is 0.00000103. The van der Waals surface area contributed by atoms with Crippen molar-refractivity contribution < 1.29 is 29.1 Å². The normalized spacial score (nSPS) is 10.3. The molecular formula is C21H21N7O6. The van der Waals surface area contributed by atoms with Crippen LogP contribution in [0.25, 0.3) is 22.2 Å². The summed E-state index contributed by atoms with van der Waals surface area (Å²) in [6.07, 6.45) is 1.63. The molecule has 0 spiro atoms. The second-order valence-corrected chi connectivity index (χ2v) is 6.84. The fourth-order valence-electron chi connectivity index (χ4n) is 3.12. The minimum absolute atomic E-state index is 0.0115. The lowest BCUT2D eigenvalue weighted by atomic mass is 10.1. The van der Waals surface area contributed by atoms with Crippen LogP contribution in [-0.4, -0.2) is 65.0 Å². The Morgan fingerprint density at radius 1 is 1.26 bits per heavy atom. The number of amides is 1. The van der Waals surface area contributed by atoms with E-state index in [1.807, 2.05) is 24.3 Å². The maximum Gasteiger partial charge on any atom is 0.354 e. The van der Waals surface area contributed by atoms with Gasteiger partial charge in [-0.05, 0) is 24.4 Å². The third kappa shape index (κ3) is 4.98. The molecule has 0 bridgehead atoms. The molecule has 0 atom stereocenters. The Hall–Kier alpha value is -4.81. The van der Waals surface area contributed by atoms with E-state index in [4.69, 9.17) is 14.4 Å². The largest absolute Gasteiger partial charge is 0.483 e. The van der Waals surface area contributed by atoms with Crippen LogP contribution in [0.1, 0.15) is 33.8 Å². The number of fused-ring (bicyclic) bond motifs is 1. The molecule has 1 aromatic carbocycles. The van der Waals surface area contributed by atoms with Crippen molar-refractivity contribution in [1.29, 1.82) is 0 Å². The first-order valence-corrected chi connectivity index (χ1v) is 9.92. The first-order chi connectivity index (χ1) is 16.3. The number of hydrogen-bond donors (Lipinski definition) is 3. The molecule has 3 N–H and O–H groups in total. The average molecular weight is 467 g/mol. The molecule has 0 aliphatic rings. The van der Waals surface area contributed by atoms with E-state index in [1.165, 1.54) is 18.1 Å². The topological polar surface area (TPSA) is 177 Å². The maximum absolute atomic E-state index is 12.9. The molecule has 4 aromatic rings. The Morgan fingerprint density at radius 2 is 2.00 bits per heavy atom. The number of aromatic carboxylic acids is 1. The van der Waals surface area contributed by atoms with Crippen LogP contribution in [0.2, 0.25) is 0 Å². The number of aromatic nitrogens is 5. The molecule has 0 fully saturated rings. The zero-order valence-electron chi connectivity index (χ0n) is 18.5. The van der Waals surface area contributed by atoms with Crippen LogP contribution < -0.4 is 5.43 Å². The van der Waals surface area contributed by atoms with Crippen molar-refractivity contribution >= 4 is 34.9 Å². The SMILES string of the molecule is CCN(Nc1nccc2ccc(-c3noc(C)n3)cc12)C(=O)c1cc(C(=O)O)n(C)n1.O=CO. The van der Waals surface area contributed by atoms with Gasteiger partial charge >= 0.3 is 5.97 Å². The third-order valence-electron chi connectivity index (χ3n) is 4.67. The summed E-state index contributed by atoms with van der Waals surface area (Å²) in [5.74, 6) is -0.283. The number of rotatable bonds is 6. The van der Waals surface area contributed by atoms with Gasteiger partial charge in [0.05, 0.1) is 0 Å². The summed E-state index contributed by atoms with van der Waals surface area (Å²) >= 11 is 0. The van der Waals surface area contributed by atoms with Gasteiger partial charge in [-0.25, -0.2) is 14.8 Å². The average Bonchev–Trinajstić information content (AvgIpc) is 3.43. The summed E-state index contributed by atoms with van der Waals surface area (Å²) in [4.78, 5) is 41.2. The van der Waals surface area contributed by atoms with E-state index in [9.17, 15) is 14.7 Å². The van der Waals surface area contributed by atoms with Gasteiger partial charge in [0, 0.05) is 43.7 Å². The lowest BCUT2D eigenvalue weighted by Crippen LogP contribution is -2.36. The number of carbonyl (C=O) groups excluding carboxylic acids is 1. The quantitative estimate of drug-likeness (QED) is 0.280. The van der Waals surface area contributed by atoms with Crippen molar-refractivity contribution in [3.63, 3.8) is 0 Å². The number of hydrazine groups is 1. The Kier molecular flexibility index (Phi) is 7.16. The van der Waals surface area contributed by atoms with E-state index in [2.05, 4.69) is 25.6 Å². The molecule has 34 heavy (non-hydrogen) atoms. The molecule has 4 rings (SSSR count). The lowest BCUT2D eigenvalue weighted by molar-refractivity contribution is -0.122. The zero-order chi connectivity index (χ0) is 24.8. The second kappa shape index (κ2) is 10.2. The second-order valence-electron chi connectivity index (χ2n) is 6.84. The summed E-state index contributed by atoms with van der Waals surface area (Å²) < 4.78 is 6.21. The predicted molar refractivity (Wildman–Crippen MR) is 119 cm³/mol. The van der Waals surface area contributed by atoms with E-state index in [0.29, 0.717) is 24.1 Å². The minimum Gasteiger partial charge on any atom is -0.483 e. The van der Waals surface area contributed by atoms with Crippen molar-refractivity contribution in [3.8, 4) is 11.4 Å². The summed E-state index contributed by atoms with van der Waals surface area (Å²) in [5, 5.41) is 27.0. The fraction of sp³-hybridized carbons (Fsp3) is 0.190. The first-order valence-electron chi connectivity index (χ1n) is 9.92. The minimum atomic E-state index is -1.16. The van der Waals surface area contributed by atoms with Crippen molar-refractivity contribution in [2.24, 2.45) is 7.05 Å². The summed E-state index contributed by atoms with van der Waals surface area (Å²) in [7, 11) is 1.47. The highest BCUT2D eigenvalue weighted by atomic mass is 16.5. The number of hydrogen-bond acceptors (Lipinski definition) is 9. The van der Waals surface area contributed by atoms with E-state index >= 15 is 0 Å². The first kappa shape index (κ1) is 23.8. The molecule has 0 radical (unpaired) electrons. The van der Waals surface area contributed by atoms with Crippen LogP contribution in [-0.2, 0) is 11.8 Å². The number of nitrogens with zero attached hydrogens (tertiary/aromatic N) is 6. The fourth-order valence-corrected chi connectivity index (χ4v) is 3.12. The molecule has 0 saturated heterocycles. The number of aryl methyl sites for hydroxylation is 2. The highest BCUT2D eigenvalue weighted by molar-refractivity contribution is 5.98. The zero-order valence-corrected chi connectivity index (χ0v) is 18.5. The van der Waals surface area contributed by atoms with Crippen LogP contribution in [0.5, 0.6) is 0 Å². The van der Waals surface area contributed by atoms with Gasteiger partial charge in [-0.3, -0.25) is 19.7 Å². The molecule has 0 unspecified atom stereocenters. The van der Waals surface area contributed by atoms with Gasteiger partial charge in [0.1, 0.15) is 5.69 Å². The number of benzene rings is 1. The number of anilines is 1. The van der Waals surface area contributed by atoms with Crippen molar-refractivity contribution in [2.45, 2.75) is 13.8 Å². The van der Waals surface area contributed by atoms with Crippen LogP contribution >= 0.6 is 0 Å². The number of carboxylic acid groups (broad SMARTS) is 2. The van der Waals surface area contributed by atoms with E-state index in [-0.39, 0.29) is 17.9 Å². The lowest BCUT2D eigenvalue weighted by Gasteiger charge is -2.22. The molecule has 1 amide bonds. The standard InChI is InChI=1S/C20H19N7O4.CH2O2/c1-4-27(19(28)15-10-16(20(29)30)26(3)23-15)24-18-14-9-13(17-22-11(2)31-25-17)6-5-12(14)7-8-21-18;2-1-3/h5-10H,4H2,1-3H3,(H,21,24)(H,29,30);1H,(H,2,3). The van der Waals surface area contributed by atoms with Crippen molar-refractivity contribution in [1.82, 2.24) is 29.9 Å². The monoisotopic (exact) mass is 467 g/mol. The van der Waals surface area contributed by atoms with Crippen molar-refractivity contribution in [2.75, 3.05) is 12.0 Å². The van der Waals surface area contributed by atoms with E-state index in [1.54, 1.807) is 20.0 Å². The van der Waals surface area contributed by atoms with Gasteiger partial charge in [-0.1, -0.05) is 17.3 Å². The van der Waals surface area contributed by atoms with E-state index in [0.717, 1.165) is 21.0 Å². The number of nitrogens with one attached hydrogen (secondary N) is 1. The number of carbonyl (C=O) groups is 3. The molecule has 0 aliphatic heterocycles. The molecule has 176 valence electrons. The van der Waals surface area contributed by atoms with Gasteiger partial charge in [0.2, 0.25) is 11.7 Å². The predicted octanol–water partition coefficient (Wildman–Crippen LogP) is 2.21. The Bertz CT molecular complexity index is 1350. The summed E-state index contributed by atoms with van der Waals surface area (Å²) in [6, 6.07) is 8.72. The molecule has 3 heterocycles. The Labute approximate surface area is 192 Å². The third-order valence-corrected chi connectivity index (χ3v) is 4.67. The molecule has 3 aromatic heterocycles. The van der Waals surface area contributed by atoms with Gasteiger partial charge < -0.3 is 14.7 Å². The summed E-state index contributed by atoms with van der Waals surface area (Å²) in [5.41, 5.74) is 3.70. The highest BCUT2D eigenvalue weighted by Crippen LogP contribution is 2.27. The van der Waals surface area contributed by atoms with Gasteiger partial charge in [-0.2, -0.15) is 10.1 Å². The van der Waals surface area contributed by atoms with Crippen LogP contribution in [0.3, 0.4) is 0 Å². The Morgan fingerprint density at radius 3 is 2.59 bits per heavy atom. The van der Waals surface area contributed by atoms with E-state index < -0.39 is 11.9 Å². The molecule has 13 heteroatoms. The van der Waals surface area contributed by atoms with Gasteiger partial charge in [0.15, 0.2) is 11.5 Å².